The van der Waals surface area contributed by atoms with Crippen LogP contribution in [0.15, 0.2) is 24.3 Å². The van der Waals surface area contributed by atoms with E-state index in [-0.39, 0.29) is 24.5 Å². The third-order valence-corrected chi connectivity index (χ3v) is 3.37. The zero-order valence-electron chi connectivity index (χ0n) is 14.3. The highest BCUT2D eigenvalue weighted by Crippen LogP contribution is 2.13. The molecule has 0 saturated carbocycles. The quantitative estimate of drug-likeness (QED) is 0.615. The second-order valence-corrected chi connectivity index (χ2v) is 5.69. The summed E-state index contributed by atoms with van der Waals surface area (Å²) in [5, 5.41) is 19.8. The Balaban J connectivity index is 0.000000697. The van der Waals surface area contributed by atoms with E-state index < -0.39 is 12.1 Å². The lowest BCUT2D eigenvalue weighted by molar-refractivity contribution is -0.192. The minimum Gasteiger partial charge on any atom is -0.475 e. The SMILES string of the molecule is CCCCC(CO)NC(C)Cc1ccccc1F.O=C(O)C(F)(F)F. The van der Waals surface area contributed by atoms with E-state index in [1.165, 1.54) is 6.07 Å². The van der Waals surface area contributed by atoms with Crippen LogP contribution < -0.4 is 5.32 Å². The first-order valence-electron chi connectivity index (χ1n) is 8.02. The number of carboxylic acids is 1. The summed E-state index contributed by atoms with van der Waals surface area (Å²) in [4.78, 5) is 8.90. The summed E-state index contributed by atoms with van der Waals surface area (Å²) in [6.07, 6.45) is -1.24. The Morgan fingerprint density at radius 3 is 2.28 bits per heavy atom. The molecule has 1 aromatic carbocycles. The van der Waals surface area contributed by atoms with E-state index in [4.69, 9.17) is 9.90 Å². The number of aliphatic hydroxyl groups is 1. The van der Waals surface area contributed by atoms with Crippen molar-refractivity contribution in [3.05, 3.63) is 35.6 Å². The van der Waals surface area contributed by atoms with Crippen molar-refractivity contribution in [2.24, 2.45) is 0 Å². The summed E-state index contributed by atoms with van der Waals surface area (Å²) in [5.41, 5.74) is 0.727. The standard InChI is InChI=1S/C15H24FNO.C2HF3O2/c1-3-4-8-14(11-18)17-12(2)10-13-7-5-6-9-15(13)16;3-2(4,5)1(6)7/h5-7,9,12,14,17-18H,3-4,8,10-11H2,1-2H3;(H,6,7). The van der Waals surface area contributed by atoms with Crippen LogP contribution in [-0.4, -0.2) is 41.0 Å². The lowest BCUT2D eigenvalue weighted by Crippen LogP contribution is -2.40. The van der Waals surface area contributed by atoms with E-state index in [0.29, 0.717) is 6.42 Å². The lowest BCUT2D eigenvalue weighted by Gasteiger charge is -2.21. The van der Waals surface area contributed by atoms with Crippen molar-refractivity contribution in [1.29, 1.82) is 0 Å². The number of alkyl halides is 3. The molecule has 144 valence electrons. The van der Waals surface area contributed by atoms with E-state index in [2.05, 4.69) is 12.2 Å². The Kier molecular flexibility index (Phi) is 11.0. The molecule has 4 nitrogen and oxygen atoms in total. The van der Waals surface area contributed by atoms with Gasteiger partial charge in [-0.05, 0) is 31.4 Å². The zero-order chi connectivity index (χ0) is 19.5. The largest absolute Gasteiger partial charge is 0.490 e. The van der Waals surface area contributed by atoms with Crippen LogP contribution >= 0.6 is 0 Å². The monoisotopic (exact) mass is 367 g/mol. The number of nitrogens with one attached hydrogen (secondary N) is 1. The number of carbonyl (C=O) groups is 1. The minimum absolute atomic E-state index is 0.117. The van der Waals surface area contributed by atoms with Crippen molar-refractivity contribution in [2.75, 3.05) is 6.61 Å². The molecule has 0 heterocycles. The van der Waals surface area contributed by atoms with Gasteiger partial charge < -0.3 is 15.5 Å². The summed E-state index contributed by atoms with van der Waals surface area (Å²) < 4.78 is 45.2. The number of aliphatic hydroxyl groups excluding tert-OH is 1. The van der Waals surface area contributed by atoms with Gasteiger partial charge in [-0.2, -0.15) is 13.2 Å². The smallest absolute Gasteiger partial charge is 0.475 e. The van der Waals surface area contributed by atoms with Crippen LogP contribution in [0.3, 0.4) is 0 Å². The molecule has 0 bridgehead atoms. The molecule has 0 aliphatic carbocycles. The second-order valence-electron chi connectivity index (χ2n) is 5.69. The molecule has 0 aliphatic heterocycles. The average Bonchev–Trinajstić information content (AvgIpc) is 2.53. The first-order valence-corrected chi connectivity index (χ1v) is 8.02. The van der Waals surface area contributed by atoms with Crippen LogP contribution in [0.1, 0.15) is 38.7 Å². The van der Waals surface area contributed by atoms with Gasteiger partial charge in [0.15, 0.2) is 0 Å². The first-order chi connectivity index (χ1) is 11.6. The predicted molar refractivity (Wildman–Crippen MR) is 86.8 cm³/mol. The van der Waals surface area contributed by atoms with Crippen molar-refractivity contribution in [2.45, 2.75) is 57.8 Å². The number of hydrogen-bond donors (Lipinski definition) is 3. The number of aliphatic carboxylic acids is 1. The van der Waals surface area contributed by atoms with Crippen LogP contribution in [0.25, 0.3) is 0 Å². The van der Waals surface area contributed by atoms with Crippen LogP contribution in [0, 0.1) is 5.82 Å². The highest BCUT2D eigenvalue weighted by atomic mass is 19.4. The van der Waals surface area contributed by atoms with Crippen LogP contribution in [-0.2, 0) is 11.2 Å². The molecular weight excluding hydrogens is 342 g/mol. The molecule has 25 heavy (non-hydrogen) atoms. The molecule has 0 aromatic heterocycles. The van der Waals surface area contributed by atoms with Gasteiger partial charge in [-0.25, -0.2) is 9.18 Å². The van der Waals surface area contributed by atoms with E-state index in [1.807, 2.05) is 19.1 Å². The number of carboxylic acid groups (broad SMARTS) is 1. The van der Waals surface area contributed by atoms with Gasteiger partial charge in [0.05, 0.1) is 6.61 Å². The predicted octanol–water partition coefficient (Wildman–Crippen LogP) is 3.53. The third-order valence-electron chi connectivity index (χ3n) is 3.37. The molecular formula is C17H25F4NO3. The molecule has 0 saturated heterocycles. The molecule has 0 aliphatic rings. The van der Waals surface area contributed by atoms with Gasteiger partial charge in [-0.3, -0.25) is 0 Å². The molecule has 1 aromatic rings. The van der Waals surface area contributed by atoms with Crippen molar-refractivity contribution in [3.8, 4) is 0 Å². The summed E-state index contributed by atoms with van der Waals surface area (Å²) in [7, 11) is 0. The van der Waals surface area contributed by atoms with Crippen molar-refractivity contribution in [1.82, 2.24) is 5.32 Å². The molecule has 8 heteroatoms. The Bertz CT molecular complexity index is 509. The van der Waals surface area contributed by atoms with Gasteiger partial charge in [0, 0.05) is 12.1 Å². The van der Waals surface area contributed by atoms with E-state index in [9.17, 15) is 22.7 Å². The molecule has 2 atom stereocenters. The van der Waals surface area contributed by atoms with Crippen molar-refractivity contribution < 1.29 is 32.6 Å². The topological polar surface area (TPSA) is 69.6 Å². The molecule has 0 fully saturated rings. The Labute approximate surface area is 144 Å². The van der Waals surface area contributed by atoms with E-state index >= 15 is 0 Å². The van der Waals surface area contributed by atoms with Crippen LogP contribution in [0.4, 0.5) is 17.6 Å². The molecule has 0 spiro atoms. The maximum Gasteiger partial charge on any atom is 0.490 e. The summed E-state index contributed by atoms with van der Waals surface area (Å²) in [6.45, 7) is 4.31. The third kappa shape index (κ3) is 10.7. The van der Waals surface area contributed by atoms with Gasteiger partial charge >= 0.3 is 12.1 Å². The van der Waals surface area contributed by atoms with Crippen molar-refractivity contribution >= 4 is 5.97 Å². The first kappa shape index (κ1) is 23.3. The van der Waals surface area contributed by atoms with Gasteiger partial charge in [-0.15, -0.1) is 0 Å². The number of hydrogen-bond acceptors (Lipinski definition) is 3. The Morgan fingerprint density at radius 1 is 1.28 bits per heavy atom. The zero-order valence-corrected chi connectivity index (χ0v) is 14.3. The fourth-order valence-corrected chi connectivity index (χ4v) is 2.13. The van der Waals surface area contributed by atoms with Gasteiger partial charge in [-0.1, -0.05) is 38.0 Å². The minimum atomic E-state index is -5.08. The van der Waals surface area contributed by atoms with Gasteiger partial charge in [0.25, 0.3) is 0 Å². The maximum atomic E-state index is 13.5. The number of rotatable bonds is 8. The van der Waals surface area contributed by atoms with E-state index in [1.54, 1.807) is 6.07 Å². The number of unbranched alkanes of at least 4 members (excludes halogenated alkanes) is 1. The fourth-order valence-electron chi connectivity index (χ4n) is 2.13. The summed E-state index contributed by atoms with van der Waals surface area (Å²) >= 11 is 0. The van der Waals surface area contributed by atoms with Crippen LogP contribution in [0.2, 0.25) is 0 Å². The number of halogens is 4. The maximum absolute atomic E-state index is 13.5. The molecule has 3 N–H and O–H groups in total. The van der Waals surface area contributed by atoms with Crippen LogP contribution in [0.5, 0.6) is 0 Å². The normalized spacial score (nSPS) is 13.6. The molecule has 2 unspecified atom stereocenters. The highest BCUT2D eigenvalue weighted by Gasteiger charge is 2.38. The van der Waals surface area contributed by atoms with E-state index in [0.717, 1.165) is 24.8 Å². The van der Waals surface area contributed by atoms with Gasteiger partial charge in [0.1, 0.15) is 5.82 Å². The average molecular weight is 367 g/mol. The Morgan fingerprint density at radius 2 is 1.84 bits per heavy atom. The second kappa shape index (κ2) is 11.8. The Hall–Kier alpha value is -1.67. The lowest BCUT2D eigenvalue weighted by atomic mass is 10.0. The molecule has 1 rings (SSSR count). The summed E-state index contributed by atoms with van der Waals surface area (Å²) in [5.74, 6) is -2.91. The van der Waals surface area contributed by atoms with Crippen molar-refractivity contribution in [3.63, 3.8) is 0 Å². The fraction of sp³-hybridized carbons (Fsp3) is 0.588. The van der Waals surface area contributed by atoms with Gasteiger partial charge in [0.2, 0.25) is 0 Å². The number of benzene rings is 1. The highest BCUT2D eigenvalue weighted by molar-refractivity contribution is 5.73. The summed E-state index contributed by atoms with van der Waals surface area (Å²) in [6, 6.07) is 7.14. The molecule has 0 radical (unpaired) electrons. The molecule has 0 amide bonds.